The zero-order valence-corrected chi connectivity index (χ0v) is 10.7. The van der Waals surface area contributed by atoms with Crippen LogP contribution in [0.5, 0.6) is 0 Å². The maximum atomic E-state index is 9.45. The number of pyridine rings is 1. The highest BCUT2D eigenvalue weighted by Crippen LogP contribution is 2.34. The Balaban J connectivity index is 2.34. The van der Waals surface area contributed by atoms with E-state index in [1.807, 2.05) is 6.07 Å². The van der Waals surface area contributed by atoms with E-state index < -0.39 is 0 Å². The van der Waals surface area contributed by atoms with Crippen LogP contribution in [-0.4, -0.2) is 29.3 Å². The first-order chi connectivity index (χ1) is 8.19. The fraction of sp³-hybridized carbons (Fsp3) is 0.583. The Hall–Kier alpha value is -0.840. The lowest BCUT2D eigenvalue weighted by Crippen LogP contribution is -2.36. The van der Waals surface area contributed by atoms with Crippen molar-refractivity contribution in [2.75, 3.05) is 18.1 Å². The number of aromatic nitrogens is 1. The molecule has 1 fully saturated rings. The molecule has 17 heavy (non-hydrogen) atoms. The molecule has 2 unspecified atom stereocenters. The molecule has 1 aliphatic rings. The molecule has 0 amide bonds. The predicted octanol–water partition coefficient (Wildman–Crippen LogP) is 1.40. The second-order valence-corrected chi connectivity index (χ2v) is 4.90. The summed E-state index contributed by atoms with van der Waals surface area (Å²) in [6.07, 6.45) is 2.77. The monoisotopic (exact) mass is 255 g/mol. The van der Waals surface area contributed by atoms with E-state index in [4.69, 9.17) is 17.3 Å². The largest absolute Gasteiger partial charge is 0.394 e. The molecule has 1 aromatic rings. The van der Waals surface area contributed by atoms with Gasteiger partial charge in [0.25, 0.3) is 0 Å². The molecule has 3 N–H and O–H groups in total. The van der Waals surface area contributed by atoms with E-state index in [1.165, 1.54) is 0 Å². The number of hydrogen-bond donors (Lipinski definition) is 2. The molecule has 4 nitrogen and oxygen atoms in total. The summed E-state index contributed by atoms with van der Waals surface area (Å²) < 4.78 is 0. The van der Waals surface area contributed by atoms with E-state index in [-0.39, 0.29) is 12.6 Å². The van der Waals surface area contributed by atoms with Gasteiger partial charge in [-0.25, -0.2) is 4.98 Å². The third-order valence-corrected chi connectivity index (χ3v) is 3.92. The lowest BCUT2D eigenvalue weighted by molar-refractivity contribution is 0.244. The van der Waals surface area contributed by atoms with Crippen LogP contribution in [0.15, 0.2) is 12.3 Å². The zero-order valence-electron chi connectivity index (χ0n) is 9.93. The van der Waals surface area contributed by atoms with E-state index in [1.54, 1.807) is 6.20 Å². The van der Waals surface area contributed by atoms with E-state index in [9.17, 15) is 5.11 Å². The van der Waals surface area contributed by atoms with Crippen molar-refractivity contribution in [2.45, 2.75) is 25.9 Å². The average molecular weight is 256 g/mol. The molecule has 0 saturated carbocycles. The topological polar surface area (TPSA) is 62.4 Å². The van der Waals surface area contributed by atoms with Crippen molar-refractivity contribution in [2.24, 2.45) is 11.7 Å². The van der Waals surface area contributed by atoms with Crippen LogP contribution >= 0.6 is 11.6 Å². The van der Waals surface area contributed by atoms with Gasteiger partial charge in [0.15, 0.2) is 0 Å². The number of anilines is 1. The third kappa shape index (κ3) is 2.25. The first-order valence-electron chi connectivity index (χ1n) is 5.90. The molecular formula is C12H18ClN3O. The van der Waals surface area contributed by atoms with Crippen molar-refractivity contribution < 1.29 is 5.11 Å². The second-order valence-electron chi connectivity index (χ2n) is 4.52. The van der Waals surface area contributed by atoms with Crippen LogP contribution in [0.2, 0.25) is 5.02 Å². The summed E-state index contributed by atoms with van der Waals surface area (Å²) in [5.41, 5.74) is 6.53. The SMILES string of the molecule is CC1CCN(c2nccc(CN)c2Cl)C1CO. The number of hydrogen-bond acceptors (Lipinski definition) is 4. The molecule has 0 aromatic carbocycles. The van der Waals surface area contributed by atoms with Gasteiger partial charge in [-0.1, -0.05) is 18.5 Å². The van der Waals surface area contributed by atoms with Crippen molar-refractivity contribution in [1.29, 1.82) is 0 Å². The van der Waals surface area contributed by atoms with Gasteiger partial charge in [0.1, 0.15) is 5.82 Å². The van der Waals surface area contributed by atoms with Crippen LogP contribution in [-0.2, 0) is 6.54 Å². The standard InChI is InChI=1S/C12H18ClN3O/c1-8-3-5-16(10(8)7-17)12-11(13)9(6-14)2-4-15-12/h2,4,8,10,17H,3,5-7,14H2,1H3. The lowest BCUT2D eigenvalue weighted by Gasteiger charge is -2.27. The van der Waals surface area contributed by atoms with Gasteiger partial charge in [0, 0.05) is 19.3 Å². The predicted molar refractivity (Wildman–Crippen MR) is 69.1 cm³/mol. The molecule has 1 aromatic heterocycles. The lowest BCUT2D eigenvalue weighted by atomic mass is 10.0. The van der Waals surface area contributed by atoms with Crippen molar-refractivity contribution in [3.05, 3.63) is 22.8 Å². The number of aliphatic hydroxyl groups excluding tert-OH is 1. The maximum Gasteiger partial charge on any atom is 0.148 e. The normalized spacial score (nSPS) is 24.4. The average Bonchev–Trinajstić information content (AvgIpc) is 2.70. The number of nitrogens with zero attached hydrogens (tertiary/aromatic N) is 2. The Morgan fingerprint density at radius 2 is 2.41 bits per heavy atom. The molecule has 2 rings (SSSR count). The van der Waals surface area contributed by atoms with Crippen molar-refractivity contribution >= 4 is 17.4 Å². The summed E-state index contributed by atoms with van der Waals surface area (Å²) in [5.74, 6) is 1.21. The molecule has 2 atom stereocenters. The first-order valence-corrected chi connectivity index (χ1v) is 6.27. The van der Waals surface area contributed by atoms with Crippen molar-refractivity contribution in [1.82, 2.24) is 4.98 Å². The van der Waals surface area contributed by atoms with Crippen LogP contribution in [0.4, 0.5) is 5.82 Å². The van der Waals surface area contributed by atoms with Crippen molar-refractivity contribution in [3.8, 4) is 0 Å². The van der Waals surface area contributed by atoms with Gasteiger partial charge in [-0.2, -0.15) is 0 Å². The second kappa shape index (κ2) is 5.21. The minimum atomic E-state index is 0.105. The summed E-state index contributed by atoms with van der Waals surface area (Å²) in [7, 11) is 0. The fourth-order valence-electron chi connectivity index (χ4n) is 2.38. The van der Waals surface area contributed by atoms with Gasteiger partial charge < -0.3 is 15.7 Å². The minimum absolute atomic E-state index is 0.105. The summed E-state index contributed by atoms with van der Waals surface area (Å²) in [6.45, 7) is 3.56. The van der Waals surface area contributed by atoms with Crippen LogP contribution in [0.1, 0.15) is 18.9 Å². The Morgan fingerprint density at radius 1 is 1.65 bits per heavy atom. The highest BCUT2D eigenvalue weighted by molar-refractivity contribution is 6.33. The first kappa shape index (κ1) is 12.6. The minimum Gasteiger partial charge on any atom is -0.394 e. The highest BCUT2D eigenvalue weighted by atomic mass is 35.5. The summed E-state index contributed by atoms with van der Waals surface area (Å²) in [5, 5.41) is 10.1. The molecule has 0 bridgehead atoms. The fourth-order valence-corrected chi connectivity index (χ4v) is 2.68. The van der Waals surface area contributed by atoms with E-state index in [0.29, 0.717) is 17.5 Å². The smallest absolute Gasteiger partial charge is 0.148 e. The molecule has 5 heteroatoms. The number of rotatable bonds is 3. The molecular weight excluding hydrogens is 238 g/mol. The summed E-state index contributed by atoms with van der Waals surface area (Å²) in [6, 6.07) is 1.94. The third-order valence-electron chi connectivity index (χ3n) is 3.51. The van der Waals surface area contributed by atoms with E-state index in [0.717, 1.165) is 24.3 Å². The van der Waals surface area contributed by atoms with Gasteiger partial charge in [0.05, 0.1) is 17.7 Å². The van der Waals surface area contributed by atoms with E-state index in [2.05, 4.69) is 16.8 Å². The molecule has 0 spiro atoms. The Bertz CT molecular complexity index is 399. The van der Waals surface area contributed by atoms with Gasteiger partial charge >= 0.3 is 0 Å². The maximum absolute atomic E-state index is 9.45. The van der Waals surface area contributed by atoms with Crippen LogP contribution in [0.3, 0.4) is 0 Å². The number of halogens is 1. The molecule has 1 saturated heterocycles. The Kier molecular flexibility index (Phi) is 3.86. The zero-order chi connectivity index (χ0) is 12.4. The molecule has 0 radical (unpaired) electrons. The van der Waals surface area contributed by atoms with Gasteiger partial charge in [-0.05, 0) is 24.0 Å². The van der Waals surface area contributed by atoms with Crippen LogP contribution < -0.4 is 10.6 Å². The van der Waals surface area contributed by atoms with Crippen LogP contribution in [0, 0.1) is 5.92 Å². The molecule has 2 heterocycles. The molecule has 1 aliphatic heterocycles. The van der Waals surface area contributed by atoms with Crippen molar-refractivity contribution in [3.63, 3.8) is 0 Å². The summed E-state index contributed by atoms with van der Waals surface area (Å²) in [4.78, 5) is 6.42. The quantitative estimate of drug-likeness (QED) is 0.857. The Labute approximate surface area is 106 Å². The Morgan fingerprint density at radius 3 is 3.06 bits per heavy atom. The van der Waals surface area contributed by atoms with Crippen LogP contribution in [0.25, 0.3) is 0 Å². The number of nitrogens with two attached hydrogens (primary N) is 1. The molecule has 94 valence electrons. The molecule has 0 aliphatic carbocycles. The van der Waals surface area contributed by atoms with Gasteiger partial charge in [0.2, 0.25) is 0 Å². The van der Waals surface area contributed by atoms with E-state index >= 15 is 0 Å². The highest BCUT2D eigenvalue weighted by Gasteiger charge is 2.32. The number of aliphatic hydroxyl groups is 1. The summed E-state index contributed by atoms with van der Waals surface area (Å²) >= 11 is 6.29. The van der Waals surface area contributed by atoms with Gasteiger partial charge in [-0.15, -0.1) is 0 Å². The van der Waals surface area contributed by atoms with Gasteiger partial charge in [-0.3, -0.25) is 0 Å².